The van der Waals surface area contributed by atoms with E-state index in [9.17, 15) is 23.9 Å². The van der Waals surface area contributed by atoms with E-state index in [0.717, 1.165) is 31.8 Å². The second kappa shape index (κ2) is 9.63. The molecule has 0 heterocycles. The zero-order valence-corrected chi connectivity index (χ0v) is 22.6. The highest BCUT2D eigenvalue weighted by Crippen LogP contribution is 2.71. The van der Waals surface area contributed by atoms with Gasteiger partial charge in [-0.2, -0.15) is 0 Å². The van der Waals surface area contributed by atoms with Crippen molar-refractivity contribution in [1.29, 1.82) is 0 Å². The standard InChI is InChI=1S/C29H37F3O7/c1-16-10-19-20-12-22(31)21-11-18(33)8-9-26(21,2)28(20,32)23(34)13-27(19,3)29(16,24(35)38-15-30)39-25(36)37-14-17-6-4-5-7-17/h8-9,11,16-17,19-20,22-23,34H,4-7,10,12-15H2,1-3H3/t16-,19+,20+,22+,23+,26+,27+,28+,29+/m1/s1. The lowest BCUT2D eigenvalue weighted by Gasteiger charge is -2.62. The number of carbonyl (C=O) groups excluding carboxylic acids is 3. The highest BCUT2D eigenvalue weighted by molar-refractivity contribution is 6.01. The van der Waals surface area contributed by atoms with Gasteiger partial charge in [0.25, 0.3) is 0 Å². The van der Waals surface area contributed by atoms with Crippen molar-refractivity contribution in [2.45, 2.75) is 89.3 Å². The van der Waals surface area contributed by atoms with Gasteiger partial charge in [-0.3, -0.25) is 4.79 Å². The number of hydrogen-bond acceptors (Lipinski definition) is 7. The first-order valence-electron chi connectivity index (χ1n) is 13.9. The zero-order valence-electron chi connectivity index (χ0n) is 22.6. The summed E-state index contributed by atoms with van der Waals surface area (Å²) in [4.78, 5) is 38.5. The van der Waals surface area contributed by atoms with Crippen LogP contribution in [0.5, 0.6) is 0 Å². The zero-order chi connectivity index (χ0) is 28.4. The molecule has 4 saturated carbocycles. The minimum absolute atomic E-state index is 0.0164. The summed E-state index contributed by atoms with van der Waals surface area (Å²) in [5.41, 5.74) is -7.49. The fourth-order valence-electron chi connectivity index (χ4n) is 8.90. The maximum Gasteiger partial charge on any atom is 0.509 e. The van der Waals surface area contributed by atoms with E-state index >= 15 is 8.78 Å². The molecule has 1 N–H and O–H groups in total. The topological polar surface area (TPSA) is 99.1 Å². The highest BCUT2D eigenvalue weighted by Gasteiger charge is 2.79. The molecule has 0 unspecified atom stereocenters. The van der Waals surface area contributed by atoms with Gasteiger partial charge in [0.05, 0.1) is 12.7 Å². The third-order valence-electron chi connectivity index (χ3n) is 10.8. The summed E-state index contributed by atoms with van der Waals surface area (Å²) >= 11 is 0. The molecule has 4 fully saturated rings. The van der Waals surface area contributed by atoms with Crippen molar-refractivity contribution >= 4 is 17.9 Å². The van der Waals surface area contributed by atoms with Gasteiger partial charge in [-0.15, -0.1) is 0 Å². The van der Waals surface area contributed by atoms with E-state index in [1.807, 2.05) is 0 Å². The minimum atomic E-state index is -2.37. The predicted octanol–water partition coefficient (Wildman–Crippen LogP) is 5.10. The first kappa shape index (κ1) is 28.2. The van der Waals surface area contributed by atoms with Crippen LogP contribution >= 0.6 is 0 Å². The fraction of sp³-hybridized carbons (Fsp3) is 0.759. The first-order chi connectivity index (χ1) is 18.3. The van der Waals surface area contributed by atoms with Crippen molar-refractivity contribution in [2.24, 2.45) is 34.5 Å². The largest absolute Gasteiger partial charge is 0.509 e. The van der Waals surface area contributed by atoms with E-state index in [-0.39, 0.29) is 37.4 Å². The van der Waals surface area contributed by atoms with Crippen molar-refractivity contribution in [3.8, 4) is 0 Å². The van der Waals surface area contributed by atoms with Crippen LogP contribution in [-0.2, 0) is 23.8 Å². The SMILES string of the molecule is C[C@@H]1C[C@H]2[C@@H]3C[C@H](F)C4=CC(=O)C=C[C@]4(C)[C@@]3(F)[C@@H](O)C[C@]2(C)[C@@]1(OC(=O)OCC1CCCC1)C(=O)OCF. The van der Waals surface area contributed by atoms with Crippen molar-refractivity contribution < 1.29 is 46.9 Å². The van der Waals surface area contributed by atoms with Crippen molar-refractivity contribution in [1.82, 2.24) is 0 Å². The minimum Gasteiger partial charge on any atom is -0.434 e. The van der Waals surface area contributed by atoms with Gasteiger partial charge in [0.1, 0.15) is 6.17 Å². The summed E-state index contributed by atoms with van der Waals surface area (Å²) in [5, 5.41) is 11.5. The van der Waals surface area contributed by atoms with Crippen LogP contribution in [0.4, 0.5) is 18.0 Å². The number of aliphatic hydroxyl groups excluding tert-OH is 1. The van der Waals surface area contributed by atoms with E-state index in [1.165, 1.54) is 19.1 Å². The Morgan fingerprint density at radius 2 is 1.82 bits per heavy atom. The fourth-order valence-corrected chi connectivity index (χ4v) is 8.90. The normalized spacial score (nSPS) is 45.2. The average Bonchev–Trinajstić information content (AvgIpc) is 3.47. The van der Waals surface area contributed by atoms with E-state index in [4.69, 9.17) is 14.2 Å². The number of esters is 1. The summed E-state index contributed by atoms with van der Waals surface area (Å²) in [6.07, 6.45) is 2.48. The molecular weight excluding hydrogens is 517 g/mol. The summed E-state index contributed by atoms with van der Waals surface area (Å²) in [6, 6.07) is 0. The first-order valence-corrected chi connectivity index (χ1v) is 13.9. The number of alkyl halides is 3. The molecule has 7 nitrogen and oxygen atoms in total. The molecule has 0 aromatic rings. The molecule has 39 heavy (non-hydrogen) atoms. The Morgan fingerprint density at radius 1 is 1.13 bits per heavy atom. The number of aliphatic hydroxyl groups is 1. The van der Waals surface area contributed by atoms with Gasteiger partial charge in [0.2, 0.25) is 12.5 Å². The lowest BCUT2D eigenvalue weighted by Crippen LogP contribution is -2.71. The van der Waals surface area contributed by atoms with Crippen LogP contribution in [0.1, 0.15) is 65.7 Å². The van der Waals surface area contributed by atoms with Crippen LogP contribution in [0.15, 0.2) is 23.8 Å². The number of halogens is 3. The molecule has 5 aliphatic rings. The van der Waals surface area contributed by atoms with Gasteiger partial charge in [0.15, 0.2) is 11.5 Å². The number of ether oxygens (including phenoxy) is 3. The molecule has 5 rings (SSSR count). The Bertz CT molecular complexity index is 1100. The molecule has 0 bridgehead atoms. The monoisotopic (exact) mass is 554 g/mol. The molecule has 10 heteroatoms. The third-order valence-corrected chi connectivity index (χ3v) is 10.8. The molecule has 0 aliphatic heterocycles. The molecular formula is C29H37F3O7. The molecule has 0 aromatic heterocycles. The summed E-state index contributed by atoms with van der Waals surface area (Å²) in [5.74, 6) is -4.01. The molecule has 216 valence electrons. The predicted molar refractivity (Wildman–Crippen MR) is 132 cm³/mol. The number of rotatable bonds is 5. The maximum atomic E-state index is 17.4. The molecule has 9 atom stereocenters. The molecule has 0 radical (unpaired) electrons. The van der Waals surface area contributed by atoms with Gasteiger partial charge >= 0.3 is 12.1 Å². The second-order valence-electron chi connectivity index (χ2n) is 12.6. The Kier molecular flexibility index (Phi) is 6.96. The van der Waals surface area contributed by atoms with E-state index < -0.39 is 76.9 Å². The van der Waals surface area contributed by atoms with Crippen LogP contribution in [-0.4, -0.2) is 60.0 Å². The van der Waals surface area contributed by atoms with Crippen LogP contribution in [0, 0.1) is 34.5 Å². The van der Waals surface area contributed by atoms with E-state index in [1.54, 1.807) is 13.8 Å². The lowest BCUT2D eigenvalue weighted by molar-refractivity contribution is -0.235. The van der Waals surface area contributed by atoms with Crippen molar-refractivity contribution in [3.05, 3.63) is 23.8 Å². The van der Waals surface area contributed by atoms with Gasteiger partial charge in [-0.25, -0.2) is 22.8 Å². The van der Waals surface area contributed by atoms with E-state index in [2.05, 4.69) is 0 Å². The molecule has 0 aromatic carbocycles. The van der Waals surface area contributed by atoms with Gasteiger partial charge in [-0.05, 0) is 68.6 Å². The van der Waals surface area contributed by atoms with Crippen LogP contribution in [0.2, 0.25) is 0 Å². The number of allylic oxidation sites excluding steroid dienone is 4. The molecule has 0 amide bonds. The van der Waals surface area contributed by atoms with Crippen LogP contribution < -0.4 is 0 Å². The lowest BCUT2D eigenvalue weighted by atomic mass is 9.44. The Morgan fingerprint density at radius 3 is 2.49 bits per heavy atom. The van der Waals surface area contributed by atoms with Gasteiger partial charge in [0, 0.05) is 22.7 Å². The third kappa shape index (κ3) is 3.83. The summed E-state index contributed by atoms with van der Waals surface area (Å²) in [7, 11) is 0. The Balaban J connectivity index is 1.53. The average molecular weight is 555 g/mol. The number of carbonyl (C=O) groups is 3. The smallest absolute Gasteiger partial charge is 0.434 e. The Labute approximate surface area is 226 Å². The number of fused-ring (bicyclic) bond motifs is 5. The number of ketones is 1. The van der Waals surface area contributed by atoms with Gasteiger partial charge in [-0.1, -0.05) is 32.8 Å². The molecule has 0 saturated heterocycles. The Hall–Kier alpha value is -2.36. The highest BCUT2D eigenvalue weighted by atomic mass is 19.1. The number of hydrogen-bond donors (Lipinski definition) is 1. The van der Waals surface area contributed by atoms with E-state index in [0.29, 0.717) is 0 Å². The van der Waals surface area contributed by atoms with Crippen molar-refractivity contribution in [2.75, 3.05) is 13.5 Å². The quantitative estimate of drug-likeness (QED) is 0.472. The summed E-state index contributed by atoms with van der Waals surface area (Å²) in [6.45, 7) is 3.34. The van der Waals surface area contributed by atoms with Crippen LogP contribution in [0.3, 0.4) is 0 Å². The van der Waals surface area contributed by atoms with Gasteiger partial charge < -0.3 is 19.3 Å². The molecule has 0 spiro atoms. The van der Waals surface area contributed by atoms with Crippen LogP contribution in [0.25, 0.3) is 0 Å². The summed E-state index contributed by atoms with van der Waals surface area (Å²) < 4.78 is 62.4. The maximum absolute atomic E-state index is 17.4. The molecule has 5 aliphatic carbocycles. The second-order valence-corrected chi connectivity index (χ2v) is 12.6. The van der Waals surface area contributed by atoms with Crippen molar-refractivity contribution in [3.63, 3.8) is 0 Å².